The summed E-state index contributed by atoms with van der Waals surface area (Å²) in [5.74, 6) is -1.43. The summed E-state index contributed by atoms with van der Waals surface area (Å²) in [5.41, 5.74) is 4.39. The summed E-state index contributed by atoms with van der Waals surface area (Å²) in [5, 5.41) is 4.03. The fourth-order valence-corrected chi connectivity index (χ4v) is 8.76. The molecule has 0 atom stereocenters. The number of sulfone groups is 2. The van der Waals surface area contributed by atoms with E-state index < -0.39 is 30.5 Å². The number of amides is 1. The fourth-order valence-electron chi connectivity index (χ4n) is 4.26. The molecule has 1 aromatic carbocycles. The van der Waals surface area contributed by atoms with Crippen LogP contribution in [0.25, 0.3) is 16.6 Å². The SMILES string of the molecule is CCCS(=O)(=O)c1c(S(=O)(=O)CCC)c2cc(-c3ccncc3)ccn2c1C(=O)N/N=C\c1ccccc1I. The van der Waals surface area contributed by atoms with Crippen LogP contribution < -0.4 is 5.43 Å². The molecule has 204 valence electrons. The van der Waals surface area contributed by atoms with Crippen LogP contribution in [0.15, 0.2) is 82.0 Å². The number of carbonyl (C=O) groups excluding carboxylic acids is 1. The van der Waals surface area contributed by atoms with Gasteiger partial charge in [-0.2, -0.15) is 5.10 Å². The quantitative estimate of drug-likeness (QED) is 0.147. The van der Waals surface area contributed by atoms with Crippen LogP contribution in [0.1, 0.15) is 42.7 Å². The second-order valence-electron chi connectivity index (χ2n) is 8.77. The van der Waals surface area contributed by atoms with Gasteiger partial charge in [-0.05, 0) is 76.9 Å². The molecule has 4 rings (SSSR count). The standard InChI is InChI=1S/C27H27IN4O5S2/c1-3-15-38(34,35)25-23-17-20(19-9-12-29-13-10-19)11-14-32(23)24(26(25)39(36,37)16-4-2)27(33)31-30-18-21-7-5-6-8-22(21)28/h5-14,17-18H,3-4,15-16H2,1-2H3,(H,31,33)/b30-18-. The van der Waals surface area contributed by atoms with Gasteiger partial charge < -0.3 is 4.40 Å². The topological polar surface area (TPSA) is 127 Å². The van der Waals surface area contributed by atoms with Gasteiger partial charge >= 0.3 is 0 Å². The first-order chi connectivity index (χ1) is 18.6. The van der Waals surface area contributed by atoms with Crippen molar-refractivity contribution in [3.05, 3.63) is 81.9 Å². The average Bonchev–Trinajstić information content (AvgIpc) is 3.27. The van der Waals surface area contributed by atoms with Gasteiger partial charge in [0.05, 0.1) is 23.2 Å². The Morgan fingerprint density at radius 2 is 1.59 bits per heavy atom. The molecule has 1 amide bonds. The largest absolute Gasteiger partial charge is 0.310 e. The first-order valence-electron chi connectivity index (χ1n) is 12.2. The van der Waals surface area contributed by atoms with Gasteiger partial charge in [0.1, 0.15) is 15.5 Å². The van der Waals surface area contributed by atoms with Gasteiger partial charge in [-0.1, -0.05) is 32.0 Å². The van der Waals surface area contributed by atoms with Crippen LogP contribution in [0, 0.1) is 3.57 Å². The van der Waals surface area contributed by atoms with E-state index in [1.165, 1.54) is 16.8 Å². The Kier molecular flexibility index (Phi) is 8.86. The molecule has 0 saturated carbocycles. The highest BCUT2D eigenvalue weighted by Crippen LogP contribution is 2.36. The number of hydrogen-bond donors (Lipinski definition) is 1. The molecular formula is C27H27IN4O5S2. The molecule has 0 aliphatic heterocycles. The third-order valence-electron chi connectivity index (χ3n) is 5.92. The number of rotatable bonds is 10. The minimum atomic E-state index is -4.17. The third kappa shape index (κ3) is 6.07. The van der Waals surface area contributed by atoms with Crippen LogP contribution in [0.2, 0.25) is 0 Å². The first kappa shape index (κ1) is 28.9. The lowest BCUT2D eigenvalue weighted by Gasteiger charge is -2.08. The Bertz CT molecular complexity index is 1770. The average molecular weight is 679 g/mol. The number of nitrogens with one attached hydrogen (secondary N) is 1. The van der Waals surface area contributed by atoms with Crippen molar-refractivity contribution >= 4 is 59.9 Å². The second-order valence-corrected chi connectivity index (χ2v) is 14.0. The zero-order valence-corrected chi connectivity index (χ0v) is 25.1. The Morgan fingerprint density at radius 1 is 0.949 bits per heavy atom. The Hall–Kier alpha value is -3.10. The predicted octanol–water partition coefficient (Wildman–Crippen LogP) is 4.74. The lowest BCUT2D eigenvalue weighted by Crippen LogP contribution is -2.23. The number of pyridine rings is 2. The van der Waals surface area contributed by atoms with E-state index >= 15 is 0 Å². The van der Waals surface area contributed by atoms with E-state index in [1.54, 1.807) is 50.5 Å². The maximum Gasteiger partial charge on any atom is 0.289 e. The lowest BCUT2D eigenvalue weighted by atomic mass is 10.1. The molecule has 0 aliphatic rings. The number of aromatic nitrogens is 2. The minimum Gasteiger partial charge on any atom is -0.310 e. The Morgan fingerprint density at radius 3 is 2.23 bits per heavy atom. The molecule has 0 aliphatic carbocycles. The van der Waals surface area contributed by atoms with E-state index in [0.29, 0.717) is 5.56 Å². The summed E-state index contributed by atoms with van der Waals surface area (Å²) >= 11 is 2.13. The number of benzene rings is 1. The summed E-state index contributed by atoms with van der Waals surface area (Å²) in [6.07, 6.45) is 6.70. The van der Waals surface area contributed by atoms with Crippen molar-refractivity contribution in [2.24, 2.45) is 5.10 Å². The number of nitrogens with zero attached hydrogens (tertiary/aromatic N) is 3. The molecular weight excluding hydrogens is 651 g/mol. The molecule has 3 heterocycles. The fraction of sp³-hybridized carbons (Fsp3) is 0.222. The molecule has 0 spiro atoms. The van der Waals surface area contributed by atoms with Crippen LogP contribution >= 0.6 is 22.6 Å². The normalized spacial score (nSPS) is 12.3. The molecule has 4 aromatic rings. The smallest absolute Gasteiger partial charge is 0.289 e. The van der Waals surface area contributed by atoms with Crippen molar-refractivity contribution < 1.29 is 21.6 Å². The van der Waals surface area contributed by atoms with Crippen LogP contribution in [0.3, 0.4) is 0 Å². The predicted molar refractivity (Wildman–Crippen MR) is 160 cm³/mol. The molecule has 9 nitrogen and oxygen atoms in total. The van der Waals surface area contributed by atoms with Crippen molar-refractivity contribution in [1.29, 1.82) is 0 Å². The summed E-state index contributed by atoms with van der Waals surface area (Å²) in [6.45, 7) is 3.38. The molecule has 12 heteroatoms. The van der Waals surface area contributed by atoms with Gasteiger partial charge in [-0.25, -0.2) is 22.3 Å². The van der Waals surface area contributed by atoms with Crippen LogP contribution in [-0.2, 0) is 19.7 Å². The molecule has 0 radical (unpaired) electrons. The summed E-state index contributed by atoms with van der Waals surface area (Å²) in [4.78, 5) is 16.7. The zero-order valence-electron chi connectivity index (χ0n) is 21.3. The van der Waals surface area contributed by atoms with E-state index in [2.05, 4.69) is 38.1 Å². The summed E-state index contributed by atoms with van der Waals surface area (Å²) in [6, 6.07) is 14.2. The summed E-state index contributed by atoms with van der Waals surface area (Å²) < 4.78 is 56.6. The van der Waals surface area contributed by atoms with Crippen LogP contribution in [-0.4, -0.2) is 49.8 Å². The number of fused-ring (bicyclic) bond motifs is 1. The highest BCUT2D eigenvalue weighted by atomic mass is 127. The van der Waals surface area contributed by atoms with E-state index in [0.717, 1.165) is 14.7 Å². The number of carbonyl (C=O) groups is 1. The third-order valence-corrected chi connectivity index (χ3v) is 11.0. The van der Waals surface area contributed by atoms with E-state index in [9.17, 15) is 21.6 Å². The van der Waals surface area contributed by atoms with Gasteiger partial charge in [0.2, 0.25) is 0 Å². The molecule has 0 saturated heterocycles. The molecule has 0 bridgehead atoms. The number of halogens is 1. The molecule has 0 fully saturated rings. The van der Waals surface area contributed by atoms with E-state index in [-0.39, 0.29) is 40.5 Å². The van der Waals surface area contributed by atoms with Crippen molar-refractivity contribution in [1.82, 2.24) is 14.8 Å². The number of hydrogen-bond acceptors (Lipinski definition) is 7. The lowest BCUT2D eigenvalue weighted by molar-refractivity contribution is 0.0945. The van der Waals surface area contributed by atoms with Gasteiger partial charge in [0.15, 0.2) is 19.7 Å². The molecule has 39 heavy (non-hydrogen) atoms. The monoisotopic (exact) mass is 678 g/mol. The minimum absolute atomic E-state index is 0.110. The van der Waals surface area contributed by atoms with E-state index in [4.69, 9.17) is 0 Å². The highest BCUT2D eigenvalue weighted by Gasteiger charge is 2.37. The molecule has 1 N–H and O–H groups in total. The van der Waals surface area contributed by atoms with E-state index in [1.807, 2.05) is 24.3 Å². The van der Waals surface area contributed by atoms with Crippen molar-refractivity contribution in [3.8, 4) is 11.1 Å². The maximum absolute atomic E-state index is 13.6. The maximum atomic E-state index is 13.6. The highest BCUT2D eigenvalue weighted by molar-refractivity contribution is 14.1. The van der Waals surface area contributed by atoms with Gasteiger partial charge in [-0.3, -0.25) is 9.78 Å². The van der Waals surface area contributed by atoms with Gasteiger partial charge in [-0.15, -0.1) is 0 Å². The number of hydrazone groups is 1. The second kappa shape index (κ2) is 12.0. The van der Waals surface area contributed by atoms with Crippen LogP contribution in [0.4, 0.5) is 0 Å². The Balaban J connectivity index is 1.98. The molecule has 0 unspecified atom stereocenters. The first-order valence-corrected chi connectivity index (χ1v) is 16.6. The van der Waals surface area contributed by atoms with Gasteiger partial charge in [0.25, 0.3) is 5.91 Å². The molecule has 3 aromatic heterocycles. The van der Waals surface area contributed by atoms with Crippen molar-refractivity contribution in [3.63, 3.8) is 0 Å². The van der Waals surface area contributed by atoms with Gasteiger partial charge in [0, 0.05) is 27.7 Å². The van der Waals surface area contributed by atoms with Crippen molar-refractivity contribution in [2.45, 2.75) is 36.5 Å². The summed E-state index contributed by atoms with van der Waals surface area (Å²) in [7, 11) is -8.25. The Labute approximate surface area is 241 Å². The van der Waals surface area contributed by atoms with Crippen molar-refractivity contribution in [2.75, 3.05) is 11.5 Å². The zero-order chi connectivity index (χ0) is 28.2. The van der Waals surface area contributed by atoms with Crippen LogP contribution in [0.5, 0.6) is 0 Å².